The SMILES string of the molecule is COc1ccc(S(=O)(=O)NCCCOC[C@H]2CCCO2)cc1F. The van der Waals surface area contributed by atoms with Crippen molar-refractivity contribution in [2.24, 2.45) is 0 Å². The van der Waals surface area contributed by atoms with E-state index in [-0.39, 0.29) is 23.3 Å². The number of benzene rings is 1. The molecule has 8 heteroatoms. The second-order valence-corrected chi connectivity index (χ2v) is 7.02. The third-order valence-corrected chi connectivity index (χ3v) is 4.98. The molecule has 23 heavy (non-hydrogen) atoms. The average molecular weight is 347 g/mol. The van der Waals surface area contributed by atoms with Crippen LogP contribution in [-0.4, -0.2) is 48.0 Å². The molecule has 0 spiro atoms. The number of methoxy groups -OCH3 is 1. The van der Waals surface area contributed by atoms with E-state index in [2.05, 4.69) is 4.72 Å². The summed E-state index contributed by atoms with van der Waals surface area (Å²) in [5.74, 6) is -0.707. The minimum absolute atomic E-state index is 0.00600. The maximum absolute atomic E-state index is 13.6. The van der Waals surface area contributed by atoms with Gasteiger partial charge in [0.25, 0.3) is 0 Å². The summed E-state index contributed by atoms with van der Waals surface area (Å²) in [5.41, 5.74) is 0. The van der Waals surface area contributed by atoms with Crippen LogP contribution in [0, 0.1) is 5.82 Å². The van der Waals surface area contributed by atoms with Crippen molar-refractivity contribution in [1.82, 2.24) is 4.72 Å². The van der Waals surface area contributed by atoms with Crippen molar-refractivity contribution in [3.8, 4) is 5.75 Å². The number of hydrogen-bond acceptors (Lipinski definition) is 5. The third kappa shape index (κ3) is 5.42. The fourth-order valence-corrected chi connectivity index (χ4v) is 3.35. The van der Waals surface area contributed by atoms with Crippen LogP contribution in [0.15, 0.2) is 23.1 Å². The highest BCUT2D eigenvalue weighted by atomic mass is 32.2. The summed E-state index contributed by atoms with van der Waals surface area (Å²) in [5, 5.41) is 0. The summed E-state index contributed by atoms with van der Waals surface area (Å²) < 4.78 is 55.7. The topological polar surface area (TPSA) is 73.9 Å². The molecular formula is C15H22FNO5S. The lowest BCUT2D eigenvalue weighted by atomic mass is 10.2. The second-order valence-electron chi connectivity index (χ2n) is 5.26. The predicted molar refractivity (Wildman–Crippen MR) is 82.6 cm³/mol. The fraction of sp³-hybridized carbons (Fsp3) is 0.600. The van der Waals surface area contributed by atoms with Gasteiger partial charge in [-0.2, -0.15) is 0 Å². The van der Waals surface area contributed by atoms with Crippen LogP contribution in [0.5, 0.6) is 5.75 Å². The van der Waals surface area contributed by atoms with Gasteiger partial charge >= 0.3 is 0 Å². The standard InChI is InChI=1S/C15H22FNO5S/c1-20-15-6-5-13(10-14(15)16)23(18,19)17-7-3-8-21-11-12-4-2-9-22-12/h5-6,10,12,17H,2-4,7-9,11H2,1H3/t12-/m1/s1. The minimum Gasteiger partial charge on any atom is -0.494 e. The number of hydrogen-bond donors (Lipinski definition) is 1. The smallest absolute Gasteiger partial charge is 0.240 e. The van der Waals surface area contributed by atoms with Gasteiger partial charge in [0, 0.05) is 19.8 Å². The summed E-state index contributed by atoms with van der Waals surface area (Å²) in [6.45, 7) is 1.99. The predicted octanol–water partition coefficient (Wildman–Crippen LogP) is 1.70. The Balaban J connectivity index is 1.72. The zero-order chi connectivity index (χ0) is 16.7. The van der Waals surface area contributed by atoms with E-state index in [1.165, 1.54) is 19.2 Å². The first-order chi connectivity index (χ1) is 11.0. The van der Waals surface area contributed by atoms with Crippen LogP contribution in [-0.2, 0) is 19.5 Å². The summed E-state index contributed by atoms with van der Waals surface area (Å²) in [6, 6.07) is 3.53. The minimum atomic E-state index is -3.74. The van der Waals surface area contributed by atoms with Crippen LogP contribution < -0.4 is 9.46 Å². The molecule has 0 unspecified atom stereocenters. The Bertz CT molecular complexity index is 602. The Hall–Kier alpha value is -1.22. The van der Waals surface area contributed by atoms with Crippen molar-refractivity contribution in [3.05, 3.63) is 24.0 Å². The molecule has 1 heterocycles. The molecule has 1 atom stereocenters. The molecule has 1 aliphatic heterocycles. The van der Waals surface area contributed by atoms with E-state index >= 15 is 0 Å². The van der Waals surface area contributed by atoms with Crippen molar-refractivity contribution < 1.29 is 27.0 Å². The van der Waals surface area contributed by atoms with E-state index < -0.39 is 15.8 Å². The highest BCUT2D eigenvalue weighted by Crippen LogP contribution is 2.20. The average Bonchev–Trinajstić information content (AvgIpc) is 3.04. The molecule has 1 aromatic rings. The van der Waals surface area contributed by atoms with Gasteiger partial charge in [-0.05, 0) is 37.5 Å². The maximum Gasteiger partial charge on any atom is 0.240 e. The quantitative estimate of drug-likeness (QED) is 0.688. The van der Waals surface area contributed by atoms with E-state index in [4.69, 9.17) is 14.2 Å². The first-order valence-electron chi connectivity index (χ1n) is 7.55. The molecule has 1 aromatic carbocycles. The largest absolute Gasteiger partial charge is 0.494 e. The highest BCUT2D eigenvalue weighted by Gasteiger charge is 2.17. The molecule has 0 radical (unpaired) electrons. The Labute approximate surface area is 136 Å². The third-order valence-electron chi connectivity index (χ3n) is 3.52. The summed E-state index contributed by atoms with van der Waals surface area (Å²) >= 11 is 0. The van der Waals surface area contributed by atoms with Gasteiger partial charge in [-0.3, -0.25) is 0 Å². The Morgan fingerprint density at radius 1 is 1.43 bits per heavy atom. The van der Waals surface area contributed by atoms with Gasteiger partial charge in [-0.15, -0.1) is 0 Å². The van der Waals surface area contributed by atoms with Crippen molar-refractivity contribution in [1.29, 1.82) is 0 Å². The van der Waals surface area contributed by atoms with Gasteiger partial charge in [-0.1, -0.05) is 0 Å². The fourth-order valence-electron chi connectivity index (χ4n) is 2.27. The molecule has 0 aromatic heterocycles. The summed E-state index contributed by atoms with van der Waals surface area (Å²) in [4.78, 5) is -0.129. The van der Waals surface area contributed by atoms with Gasteiger partial charge in [0.05, 0.1) is 24.7 Å². The molecule has 0 saturated carbocycles. The molecule has 130 valence electrons. The molecule has 0 bridgehead atoms. The van der Waals surface area contributed by atoms with Gasteiger partial charge < -0.3 is 14.2 Å². The van der Waals surface area contributed by atoms with Crippen LogP contribution in [0.1, 0.15) is 19.3 Å². The highest BCUT2D eigenvalue weighted by molar-refractivity contribution is 7.89. The number of ether oxygens (including phenoxy) is 3. The summed E-state index contributed by atoms with van der Waals surface area (Å²) in [7, 11) is -2.42. The molecule has 1 N–H and O–H groups in total. The van der Waals surface area contributed by atoms with E-state index in [1.54, 1.807) is 0 Å². The van der Waals surface area contributed by atoms with Gasteiger partial charge in [-0.25, -0.2) is 17.5 Å². The molecule has 2 rings (SSSR count). The van der Waals surface area contributed by atoms with Crippen molar-refractivity contribution in [2.45, 2.75) is 30.3 Å². The number of nitrogens with one attached hydrogen (secondary N) is 1. The lowest BCUT2D eigenvalue weighted by Crippen LogP contribution is -2.26. The normalized spacial score (nSPS) is 18.3. The molecule has 1 saturated heterocycles. The Kier molecular flexibility index (Phi) is 6.76. The van der Waals surface area contributed by atoms with E-state index in [0.717, 1.165) is 25.5 Å². The second kappa shape index (κ2) is 8.58. The Morgan fingerprint density at radius 2 is 2.26 bits per heavy atom. The number of rotatable bonds is 9. The van der Waals surface area contributed by atoms with Crippen LogP contribution in [0.25, 0.3) is 0 Å². The van der Waals surface area contributed by atoms with Crippen molar-refractivity contribution in [3.63, 3.8) is 0 Å². The molecular weight excluding hydrogens is 325 g/mol. The zero-order valence-electron chi connectivity index (χ0n) is 13.1. The Morgan fingerprint density at radius 3 is 2.91 bits per heavy atom. The van der Waals surface area contributed by atoms with Crippen molar-refractivity contribution >= 4 is 10.0 Å². The van der Waals surface area contributed by atoms with Crippen LogP contribution in [0.4, 0.5) is 4.39 Å². The first-order valence-corrected chi connectivity index (χ1v) is 9.04. The number of sulfonamides is 1. The molecule has 0 amide bonds. The zero-order valence-corrected chi connectivity index (χ0v) is 13.9. The lowest BCUT2D eigenvalue weighted by molar-refractivity contribution is 0.0169. The monoisotopic (exact) mass is 347 g/mol. The molecule has 6 nitrogen and oxygen atoms in total. The van der Waals surface area contributed by atoms with Crippen LogP contribution in [0.2, 0.25) is 0 Å². The first kappa shape index (κ1) is 18.1. The van der Waals surface area contributed by atoms with Crippen molar-refractivity contribution in [2.75, 3.05) is 33.5 Å². The van der Waals surface area contributed by atoms with Gasteiger partial charge in [0.15, 0.2) is 11.6 Å². The van der Waals surface area contributed by atoms with Crippen LogP contribution >= 0.6 is 0 Å². The summed E-state index contributed by atoms with van der Waals surface area (Å²) in [6.07, 6.45) is 2.76. The van der Waals surface area contributed by atoms with Gasteiger partial charge in [0.2, 0.25) is 10.0 Å². The van der Waals surface area contributed by atoms with Gasteiger partial charge in [0.1, 0.15) is 0 Å². The van der Waals surface area contributed by atoms with E-state index in [9.17, 15) is 12.8 Å². The maximum atomic E-state index is 13.6. The van der Waals surface area contributed by atoms with E-state index in [1.807, 2.05) is 0 Å². The molecule has 0 aliphatic carbocycles. The number of halogens is 1. The molecule has 1 aliphatic rings. The lowest BCUT2D eigenvalue weighted by Gasteiger charge is -2.11. The van der Waals surface area contributed by atoms with Crippen LogP contribution in [0.3, 0.4) is 0 Å². The molecule has 1 fully saturated rings. The van der Waals surface area contributed by atoms with E-state index in [0.29, 0.717) is 19.6 Å².